The quantitative estimate of drug-likeness (QED) is 0.924. The third-order valence-electron chi connectivity index (χ3n) is 2.98. The lowest BCUT2D eigenvalue weighted by atomic mass is 10.00. The van der Waals surface area contributed by atoms with Crippen molar-refractivity contribution >= 4 is 35.2 Å². The second-order valence-corrected chi connectivity index (χ2v) is 5.79. The summed E-state index contributed by atoms with van der Waals surface area (Å²) in [4.78, 5) is 24.1. The number of nitrogens with zero attached hydrogens (tertiary/aromatic N) is 1. The number of hydrogen-bond acceptors (Lipinski definition) is 3. The molecular weight excluding hydrogens is 286 g/mol. The number of rotatable bonds is 4. The number of carbonyl (C=O) groups excluding carboxylic acids is 1. The summed E-state index contributed by atoms with van der Waals surface area (Å²) >= 11 is 7.07. The Bertz CT molecular complexity index is 507. The summed E-state index contributed by atoms with van der Waals surface area (Å²) in [6, 6.07) is 5.72. The third kappa shape index (κ3) is 3.88. The molecule has 0 saturated carbocycles. The van der Waals surface area contributed by atoms with Gasteiger partial charge in [0.1, 0.15) is 0 Å². The standard InChI is InChI=1S/C13H14ClNO3S/c14-11-2-1-10-6-15(4-3-9(10)5-11)12(16)7-19-8-13(17)18/h1-2,5H,3-4,6-8H2,(H,17,18). The van der Waals surface area contributed by atoms with Crippen LogP contribution in [0.2, 0.25) is 5.02 Å². The molecule has 1 heterocycles. The Kier molecular flexibility index (Phi) is 4.71. The van der Waals surface area contributed by atoms with Gasteiger partial charge in [-0.25, -0.2) is 0 Å². The van der Waals surface area contributed by atoms with Crippen LogP contribution in [-0.2, 0) is 22.6 Å². The molecular formula is C13H14ClNO3S. The van der Waals surface area contributed by atoms with Crippen molar-refractivity contribution in [2.45, 2.75) is 13.0 Å². The lowest BCUT2D eigenvalue weighted by Crippen LogP contribution is -2.37. The molecule has 102 valence electrons. The number of aliphatic carboxylic acids is 1. The lowest BCUT2D eigenvalue weighted by molar-refractivity contribution is -0.133. The molecule has 1 aromatic carbocycles. The molecule has 2 rings (SSSR count). The van der Waals surface area contributed by atoms with E-state index in [1.165, 1.54) is 5.56 Å². The van der Waals surface area contributed by atoms with Crippen molar-refractivity contribution < 1.29 is 14.7 Å². The molecule has 1 aliphatic heterocycles. The number of carboxylic acid groups (broad SMARTS) is 1. The van der Waals surface area contributed by atoms with Gasteiger partial charge < -0.3 is 10.0 Å². The molecule has 1 aromatic rings. The molecule has 0 radical (unpaired) electrons. The van der Waals surface area contributed by atoms with E-state index in [-0.39, 0.29) is 17.4 Å². The molecule has 0 unspecified atom stereocenters. The van der Waals surface area contributed by atoms with E-state index in [0.717, 1.165) is 28.8 Å². The molecule has 1 aliphatic rings. The molecule has 0 aliphatic carbocycles. The number of amides is 1. The first-order valence-corrected chi connectivity index (χ1v) is 7.44. The summed E-state index contributed by atoms with van der Waals surface area (Å²) in [5.41, 5.74) is 2.31. The van der Waals surface area contributed by atoms with E-state index in [9.17, 15) is 9.59 Å². The molecule has 0 bridgehead atoms. The molecule has 19 heavy (non-hydrogen) atoms. The van der Waals surface area contributed by atoms with Gasteiger partial charge in [0.05, 0.1) is 11.5 Å². The van der Waals surface area contributed by atoms with Crippen LogP contribution >= 0.6 is 23.4 Å². The average Bonchev–Trinajstić information content (AvgIpc) is 2.37. The van der Waals surface area contributed by atoms with Crippen molar-refractivity contribution in [2.75, 3.05) is 18.1 Å². The fourth-order valence-electron chi connectivity index (χ4n) is 2.05. The van der Waals surface area contributed by atoms with Crippen LogP contribution < -0.4 is 0 Å². The number of halogens is 1. The fourth-order valence-corrected chi connectivity index (χ4v) is 2.88. The van der Waals surface area contributed by atoms with E-state index < -0.39 is 5.97 Å². The molecule has 1 N–H and O–H groups in total. The van der Waals surface area contributed by atoms with Crippen molar-refractivity contribution in [3.8, 4) is 0 Å². The predicted octanol–water partition coefficient (Wildman–Crippen LogP) is 2.04. The van der Waals surface area contributed by atoms with Gasteiger partial charge in [-0.2, -0.15) is 0 Å². The lowest BCUT2D eigenvalue weighted by Gasteiger charge is -2.29. The highest BCUT2D eigenvalue weighted by Crippen LogP contribution is 2.23. The van der Waals surface area contributed by atoms with Gasteiger partial charge in [0.2, 0.25) is 5.91 Å². The van der Waals surface area contributed by atoms with Gasteiger partial charge in [0.25, 0.3) is 0 Å². The first-order chi connectivity index (χ1) is 9.06. The predicted molar refractivity (Wildman–Crippen MR) is 75.5 cm³/mol. The van der Waals surface area contributed by atoms with Crippen molar-refractivity contribution in [3.05, 3.63) is 34.3 Å². The largest absolute Gasteiger partial charge is 0.481 e. The molecule has 0 saturated heterocycles. The van der Waals surface area contributed by atoms with Gasteiger partial charge in [-0.05, 0) is 29.7 Å². The summed E-state index contributed by atoms with van der Waals surface area (Å²) in [7, 11) is 0. The van der Waals surface area contributed by atoms with E-state index in [4.69, 9.17) is 16.7 Å². The summed E-state index contributed by atoms with van der Waals surface area (Å²) in [6.45, 7) is 1.25. The zero-order valence-corrected chi connectivity index (χ0v) is 11.8. The molecule has 0 fully saturated rings. The van der Waals surface area contributed by atoms with Crippen LogP contribution in [0, 0.1) is 0 Å². The second kappa shape index (κ2) is 6.30. The van der Waals surface area contributed by atoms with Gasteiger partial charge in [-0.1, -0.05) is 17.7 Å². The number of hydrogen-bond donors (Lipinski definition) is 1. The number of fused-ring (bicyclic) bond motifs is 1. The van der Waals surface area contributed by atoms with E-state index >= 15 is 0 Å². The maximum absolute atomic E-state index is 11.9. The molecule has 0 atom stereocenters. The maximum atomic E-state index is 11.9. The molecule has 0 aromatic heterocycles. The number of benzene rings is 1. The SMILES string of the molecule is O=C(O)CSCC(=O)N1CCc2cc(Cl)ccc2C1. The van der Waals surface area contributed by atoms with Gasteiger partial charge in [-0.15, -0.1) is 11.8 Å². The summed E-state index contributed by atoms with van der Waals surface area (Å²) in [5, 5.41) is 9.25. The van der Waals surface area contributed by atoms with Crippen LogP contribution in [0.15, 0.2) is 18.2 Å². The third-order valence-corrected chi connectivity index (χ3v) is 4.12. The Morgan fingerprint density at radius 3 is 2.84 bits per heavy atom. The smallest absolute Gasteiger partial charge is 0.313 e. The first kappa shape index (κ1) is 14.2. The Morgan fingerprint density at radius 1 is 1.32 bits per heavy atom. The highest BCUT2D eigenvalue weighted by molar-refractivity contribution is 8.00. The normalized spacial score (nSPS) is 14.1. The zero-order valence-electron chi connectivity index (χ0n) is 10.3. The van der Waals surface area contributed by atoms with Crippen molar-refractivity contribution in [2.24, 2.45) is 0 Å². The molecule has 1 amide bonds. The van der Waals surface area contributed by atoms with Gasteiger partial charge >= 0.3 is 5.97 Å². The first-order valence-electron chi connectivity index (χ1n) is 5.91. The average molecular weight is 300 g/mol. The van der Waals surface area contributed by atoms with Crippen molar-refractivity contribution in [1.82, 2.24) is 4.90 Å². The summed E-state index contributed by atoms with van der Waals surface area (Å²) in [5.74, 6) is -0.718. The summed E-state index contributed by atoms with van der Waals surface area (Å²) < 4.78 is 0. The van der Waals surface area contributed by atoms with Gasteiger partial charge in [0, 0.05) is 18.1 Å². The highest BCUT2D eigenvalue weighted by atomic mass is 35.5. The molecule has 6 heteroatoms. The molecule has 4 nitrogen and oxygen atoms in total. The van der Waals surface area contributed by atoms with Crippen LogP contribution in [-0.4, -0.2) is 39.9 Å². The minimum absolute atomic E-state index is 0.00755. The van der Waals surface area contributed by atoms with Crippen LogP contribution in [0.5, 0.6) is 0 Å². The van der Waals surface area contributed by atoms with Crippen LogP contribution in [0.25, 0.3) is 0 Å². The van der Waals surface area contributed by atoms with Crippen LogP contribution in [0.4, 0.5) is 0 Å². The number of carbonyl (C=O) groups is 2. The minimum atomic E-state index is -0.892. The number of carboxylic acids is 1. The monoisotopic (exact) mass is 299 g/mol. The van der Waals surface area contributed by atoms with Crippen molar-refractivity contribution in [1.29, 1.82) is 0 Å². The highest BCUT2D eigenvalue weighted by Gasteiger charge is 2.20. The van der Waals surface area contributed by atoms with Gasteiger partial charge in [0.15, 0.2) is 0 Å². The van der Waals surface area contributed by atoms with Crippen LogP contribution in [0.1, 0.15) is 11.1 Å². The van der Waals surface area contributed by atoms with Gasteiger partial charge in [-0.3, -0.25) is 9.59 Å². The number of thioether (sulfide) groups is 1. The second-order valence-electron chi connectivity index (χ2n) is 4.36. The van der Waals surface area contributed by atoms with E-state index in [1.807, 2.05) is 18.2 Å². The van der Waals surface area contributed by atoms with Crippen LogP contribution in [0.3, 0.4) is 0 Å². The van der Waals surface area contributed by atoms with E-state index in [2.05, 4.69) is 0 Å². The Balaban J connectivity index is 1.92. The summed E-state index contributed by atoms with van der Waals surface area (Å²) in [6.07, 6.45) is 0.797. The minimum Gasteiger partial charge on any atom is -0.481 e. The maximum Gasteiger partial charge on any atom is 0.313 e. The zero-order chi connectivity index (χ0) is 13.8. The fraction of sp³-hybridized carbons (Fsp3) is 0.385. The Labute approximate surface area is 120 Å². The van der Waals surface area contributed by atoms with E-state index in [1.54, 1.807) is 4.90 Å². The molecule has 0 spiro atoms. The topological polar surface area (TPSA) is 57.6 Å². The van der Waals surface area contributed by atoms with Crippen molar-refractivity contribution in [3.63, 3.8) is 0 Å². The Morgan fingerprint density at radius 2 is 2.11 bits per heavy atom. The van der Waals surface area contributed by atoms with E-state index in [0.29, 0.717) is 13.1 Å². The Hall–Kier alpha value is -1.20.